The third kappa shape index (κ3) is 4.23. The Labute approximate surface area is 130 Å². The summed E-state index contributed by atoms with van der Waals surface area (Å²) in [5.41, 5.74) is 1.72. The van der Waals surface area contributed by atoms with E-state index in [9.17, 15) is 0 Å². The van der Waals surface area contributed by atoms with Gasteiger partial charge in [-0.25, -0.2) is 0 Å². The number of ether oxygens (including phenoxy) is 1. The molecule has 2 rings (SSSR count). The first-order valence-corrected chi connectivity index (χ1v) is 8.30. The fourth-order valence-electron chi connectivity index (χ4n) is 3.59. The van der Waals surface area contributed by atoms with E-state index in [-0.39, 0.29) is 0 Å². The monoisotopic (exact) mass is 289 g/mol. The van der Waals surface area contributed by atoms with Gasteiger partial charge in [0.15, 0.2) is 0 Å². The van der Waals surface area contributed by atoms with Crippen molar-refractivity contribution in [3.63, 3.8) is 0 Å². The summed E-state index contributed by atoms with van der Waals surface area (Å²) in [5, 5.41) is 3.80. The second kappa shape index (κ2) is 6.83. The molecule has 1 aromatic carbocycles. The van der Waals surface area contributed by atoms with Gasteiger partial charge < -0.3 is 10.1 Å². The Morgan fingerprint density at radius 1 is 1.10 bits per heavy atom. The summed E-state index contributed by atoms with van der Waals surface area (Å²) >= 11 is 0. The summed E-state index contributed by atoms with van der Waals surface area (Å²) in [7, 11) is 1.75. The van der Waals surface area contributed by atoms with Gasteiger partial charge in [0.1, 0.15) is 5.75 Å². The predicted molar refractivity (Wildman–Crippen MR) is 89.7 cm³/mol. The smallest absolute Gasteiger partial charge is 0.123 e. The van der Waals surface area contributed by atoms with Gasteiger partial charge in [0.2, 0.25) is 0 Å². The van der Waals surface area contributed by atoms with Crippen LogP contribution in [0.5, 0.6) is 5.75 Å². The van der Waals surface area contributed by atoms with E-state index in [1.807, 2.05) is 12.1 Å². The summed E-state index contributed by atoms with van der Waals surface area (Å²) in [6.45, 7) is 9.38. The van der Waals surface area contributed by atoms with E-state index in [0.29, 0.717) is 17.5 Å². The molecule has 0 aromatic heterocycles. The lowest BCUT2D eigenvalue weighted by Crippen LogP contribution is -2.37. The summed E-state index contributed by atoms with van der Waals surface area (Å²) in [5.74, 6) is 1.86. The van der Waals surface area contributed by atoms with E-state index in [1.54, 1.807) is 7.11 Å². The molecule has 0 radical (unpaired) electrons. The molecule has 21 heavy (non-hydrogen) atoms. The Bertz CT molecular complexity index is 441. The van der Waals surface area contributed by atoms with Crippen molar-refractivity contribution in [2.75, 3.05) is 7.11 Å². The molecule has 1 aliphatic carbocycles. The van der Waals surface area contributed by atoms with Crippen LogP contribution in [0.2, 0.25) is 0 Å². The third-order valence-corrected chi connectivity index (χ3v) is 5.04. The third-order valence-electron chi connectivity index (χ3n) is 5.04. The minimum absolute atomic E-state index is 0.345. The van der Waals surface area contributed by atoms with E-state index in [4.69, 9.17) is 4.74 Å². The van der Waals surface area contributed by atoms with Crippen molar-refractivity contribution in [1.82, 2.24) is 5.32 Å². The summed E-state index contributed by atoms with van der Waals surface area (Å²) in [6.07, 6.45) is 5.28. The van der Waals surface area contributed by atoms with Gasteiger partial charge in [-0.1, -0.05) is 39.0 Å². The van der Waals surface area contributed by atoms with Crippen LogP contribution in [0.1, 0.15) is 65.0 Å². The van der Waals surface area contributed by atoms with Crippen LogP contribution < -0.4 is 10.1 Å². The molecule has 2 nitrogen and oxygen atoms in total. The number of hydrogen-bond donors (Lipinski definition) is 1. The highest BCUT2D eigenvalue weighted by molar-refractivity contribution is 5.35. The zero-order chi connectivity index (χ0) is 15.5. The van der Waals surface area contributed by atoms with Crippen molar-refractivity contribution in [2.45, 2.75) is 65.5 Å². The molecule has 1 atom stereocenters. The highest BCUT2D eigenvalue weighted by atomic mass is 16.5. The van der Waals surface area contributed by atoms with Gasteiger partial charge in [-0.05, 0) is 50.0 Å². The van der Waals surface area contributed by atoms with E-state index in [0.717, 1.165) is 11.7 Å². The molecule has 0 heterocycles. The zero-order valence-electron chi connectivity index (χ0n) is 14.3. The Kier molecular flexibility index (Phi) is 5.32. The van der Waals surface area contributed by atoms with Crippen LogP contribution in [0, 0.1) is 11.3 Å². The van der Waals surface area contributed by atoms with Gasteiger partial charge >= 0.3 is 0 Å². The van der Waals surface area contributed by atoms with Gasteiger partial charge in [0, 0.05) is 17.6 Å². The molecule has 2 heteroatoms. The van der Waals surface area contributed by atoms with E-state index in [2.05, 4.69) is 45.1 Å². The second-order valence-corrected chi connectivity index (χ2v) is 7.54. The maximum Gasteiger partial charge on any atom is 0.123 e. The quantitative estimate of drug-likeness (QED) is 0.846. The molecule has 1 aliphatic rings. The molecule has 0 unspecified atom stereocenters. The average Bonchev–Trinajstić information content (AvgIpc) is 2.46. The van der Waals surface area contributed by atoms with Crippen molar-refractivity contribution in [2.24, 2.45) is 11.3 Å². The highest BCUT2D eigenvalue weighted by Crippen LogP contribution is 2.38. The fourth-order valence-corrected chi connectivity index (χ4v) is 3.59. The van der Waals surface area contributed by atoms with Crippen molar-refractivity contribution in [1.29, 1.82) is 0 Å². The van der Waals surface area contributed by atoms with E-state index >= 15 is 0 Å². The summed E-state index contributed by atoms with van der Waals surface area (Å²) in [6, 6.07) is 9.32. The minimum atomic E-state index is 0.345. The Morgan fingerprint density at radius 3 is 2.29 bits per heavy atom. The normalized spacial score (nSPS) is 24.6. The second-order valence-electron chi connectivity index (χ2n) is 7.54. The van der Waals surface area contributed by atoms with Gasteiger partial charge in [-0.2, -0.15) is 0 Å². The lowest BCUT2D eigenvalue weighted by atomic mass is 9.71. The highest BCUT2D eigenvalue weighted by Gasteiger charge is 2.30. The molecule has 0 spiro atoms. The molecule has 1 saturated carbocycles. The number of hydrogen-bond acceptors (Lipinski definition) is 2. The summed E-state index contributed by atoms with van der Waals surface area (Å²) in [4.78, 5) is 0. The van der Waals surface area contributed by atoms with Crippen molar-refractivity contribution in [3.8, 4) is 5.75 Å². The lowest BCUT2D eigenvalue weighted by molar-refractivity contribution is 0.156. The lowest BCUT2D eigenvalue weighted by Gasteiger charge is -2.38. The van der Waals surface area contributed by atoms with Crippen molar-refractivity contribution >= 4 is 0 Å². The average molecular weight is 289 g/mol. The molecule has 0 aliphatic heterocycles. The largest absolute Gasteiger partial charge is 0.496 e. The topological polar surface area (TPSA) is 21.3 Å². The maximum atomic E-state index is 5.48. The van der Waals surface area contributed by atoms with Crippen molar-refractivity contribution < 1.29 is 4.74 Å². The first-order chi connectivity index (χ1) is 9.91. The van der Waals surface area contributed by atoms with Crippen molar-refractivity contribution in [3.05, 3.63) is 29.8 Å². The Hall–Kier alpha value is -1.02. The Balaban J connectivity index is 1.91. The summed E-state index contributed by atoms with van der Waals surface area (Å²) < 4.78 is 5.48. The molecule has 0 saturated heterocycles. The van der Waals surface area contributed by atoms with Crippen LogP contribution in [0.4, 0.5) is 0 Å². The zero-order valence-corrected chi connectivity index (χ0v) is 14.3. The molecule has 0 bridgehead atoms. The van der Waals surface area contributed by atoms with Gasteiger partial charge in [0.05, 0.1) is 7.11 Å². The fraction of sp³-hybridized carbons (Fsp3) is 0.684. The molecule has 1 fully saturated rings. The van der Waals surface area contributed by atoms with Crippen LogP contribution in [0.15, 0.2) is 24.3 Å². The number of benzene rings is 1. The standard InChI is InChI=1S/C19H31NO/c1-14(17-8-6-7-9-18(17)21-5)20-16-12-10-15(11-13-16)19(2,3)4/h6-9,14-16,20H,10-13H2,1-5H3/t14-,15?,16?/m0/s1. The number of rotatable bonds is 4. The van der Waals surface area contributed by atoms with Gasteiger partial charge in [0.25, 0.3) is 0 Å². The molecular weight excluding hydrogens is 258 g/mol. The van der Waals surface area contributed by atoms with Crippen LogP contribution in [-0.2, 0) is 0 Å². The predicted octanol–water partition coefficient (Wildman–Crippen LogP) is 4.95. The van der Waals surface area contributed by atoms with E-state index in [1.165, 1.54) is 31.2 Å². The Morgan fingerprint density at radius 2 is 1.71 bits per heavy atom. The first kappa shape index (κ1) is 16.4. The molecule has 1 N–H and O–H groups in total. The number of methoxy groups -OCH3 is 1. The molecule has 118 valence electrons. The first-order valence-electron chi connectivity index (χ1n) is 8.30. The number of para-hydroxylation sites is 1. The van der Waals surface area contributed by atoms with Gasteiger partial charge in [-0.15, -0.1) is 0 Å². The van der Waals surface area contributed by atoms with Crippen LogP contribution in [0.3, 0.4) is 0 Å². The molecular formula is C19H31NO. The van der Waals surface area contributed by atoms with Crippen LogP contribution >= 0.6 is 0 Å². The minimum Gasteiger partial charge on any atom is -0.496 e. The number of nitrogens with one attached hydrogen (secondary N) is 1. The van der Waals surface area contributed by atoms with Crippen LogP contribution in [-0.4, -0.2) is 13.2 Å². The SMILES string of the molecule is COc1ccccc1[C@H](C)NC1CCC(C(C)(C)C)CC1. The molecule has 0 amide bonds. The van der Waals surface area contributed by atoms with Gasteiger partial charge in [-0.3, -0.25) is 0 Å². The van der Waals surface area contributed by atoms with Crippen LogP contribution in [0.25, 0.3) is 0 Å². The van der Waals surface area contributed by atoms with E-state index < -0.39 is 0 Å². The maximum absolute atomic E-state index is 5.48. The molecule has 1 aromatic rings.